The van der Waals surface area contributed by atoms with E-state index in [0.717, 1.165) is 89.9 Å². The molecule has 0 bridgehead atoms. The molecule has 0 spiro atoms. The van der Waals surface area contributed by atoms with Crippen LogP contribution in [0.1, 0.15) is 323 Å². The molecule has 0 fully saturated rings. The number of esters is 3. The SMILES string of the molecule is CC/C=C\C/C=C\C/C=C\C/C=C\CCCCCCCCCCCCCCCCC(=O)OCC(COC(=O)CCCCCCCCCCCCCCC)OC(=O)CCCCCCC/C=C\CCCCCCC. The molecule has 0 radical (unpaired) electrons. The molecule has 0 rings (SSSR count). The highest BCUT2D eigenvalue weighted by molar-refractivity contribution is 5.71. The second-order valence-electron chi connectivity index (χ2n) is 20.9. The normalized spacial score (nSPS) is 12.4. The van der Waals surface area contributed by atoms with Gasteiger partial charge in [0, 0.05) is 19.3 Å². The van der Waals surface area contributed by atoms with Crippen molar-refractivity contribution in [1.29, 1.82) is 0 Å². The molecule has 0 aromatic rings. The lowest BCUT2D eigenvalue weighted by Gasteiger charge is -2.18. The predicted molar refractivity (Wildman–Crippen MR) is 312 cm³/mol. The summed E-state index contributed by atoms with van der Waals surface area (Å²) in [5.41, 5.74) is 0. The first-order valence-electron chi connectivity index (χ1n) is 31.3. The highest BCUT2D eigenvalue weighted by Crippen LogP contribution is 2.17. The van der Waals surface area contributed by atoms with Crippen LogP contribution in [-0.4, -0.2) is 37.2 Å². The molecule has 1 atom stereocenters. The number of rotatable bonds is 57. The van der Waals surface area contributed by atoms with Gasteiger partial charge in [0.2, 0.25) is 0 Å². The Hall–Kier alpha value is -2.89. The van der Waals surface area contributed by atoms with Crippen molar-refractivity contribution in [3.63, 3.8) is 0 Å². The summed E-state index contributed by atoms with van der Waals surface area (Å²) in [6, 6.07) is 0. The molecule has 0 aliphatic heterocycles. The minimum absolute atomic E-state index is 0.0731. The molecule has 6 nitrogen and oxygen atoms in total. The van der Waals surface area contributed by atoms with Crippen LogP contribution in [0.5, 0.6) is 0 Å². The van der Waals surface area contributed by atoms with Gasteiger partial charge in [-0.1, -0.05) is 281 Å². The smallest absolute Gasteiger partial charge is 0.306 e. The second-order valence-corrected chi connectivity index (χ2v) is 20.9. The van der Waals surface area contributed by atoms with E-state index in [9.17, 15) is 14.4 Å². The van der Waals surface area contributed by atoms with Gasteiger partial charge in [0.25, 0.3) is 0 Å². The van der Waals surface area contributed by atoms with E-state index in [-0.39, 0.29) is 31.1 Å². The third-order valence-corrected chi connectivity index (χ3v) is 13.8. The number of ether oxygens (including phenoxy) is 3. The molecule has 0 amide bonds. The molecule has 6 heteroatoms. The summed E-state index contributed by atoms with van der Waals surface area (Å²) in [5, 5.41) is 0. The van der Waals surface area contributed by atoms with Crippen LogP contribution in [0.15, 0.2) is 60.8 Å². The van der Waals surface area contributed by atoms with E-state index in [1.807, 2.05) is 0 Å². The summed E-state index contributed by atoms with van der Waals surface area (Å²) < 4.78 is 16.9. The van der Waals surface area contributed by atoms with Crippen molar-refractivity contribution >= 4 is 17.9 Å². The predicted octanol–water partition coefficient (Wildman–Crippen LogP) is 21.2. The Kier molecular flexibility index (Phi) is 58.2. The van der Waals surface area contributed by atoms with E-state index in [1.54, 1.807) is 0 Å². The maximum absolute atomic E-state index is 12.9. The van der Waals surface area contributed by atoms with Gasteiger partial charge >= 0.3 is 17.9 Å². The lowest BCUT2D eigenvalue weighted by atomic mass is 10.0. The lowest BCUT2D eigenvalue weighted by molar-refractivity contribution is -0.167. The Morgan fingerprint density at radius 3 is 0.861 bits per heavy atom. The standard InChI is InChI=1S/C66H118O6/c1-4-7-10-13-16-19-22-25-27-28-29-30-31-32-33-34-35-36-37-38-39-42-44-47-50-53-56-59-65(68)71-62-63(61-70-64(67)58-55-52-49-46-43-40-24-21-18-15-12-9-6-3)72-66(69)60-57-54-51-48-45-41-26-23-20-17-14-11-8-5-2/h7,10,16,19,23,25-27,29-30,63H,4-6,8-9,11-15,17-18,20-22,24,28,31-62H2,1-3H3/b10-7-,19-16-,26-23-,27-25-,30-29-. The fraction of sp³-hybridized carbons (Fsp3) is 0.803. The van der Waals surface area contributed by atoms with E-state index in [1.165, 1.54) is 193 Å². The van der Waals surface area contributed by atoms with Gasteiger partial charge in [-0.05, 0) is 83.5 Å². The Morgan fingerprint density at radius 1 is 0.292 bits per heavy atom. The minimum Gasteiger partial charge on any atom is -0.462 e. The van der Waals surface area contributed by atoms with Crippen LogP contribution in [-0.2, 0) is 28.6 Å². The Bertz CT molecular complexity index is 1290. The van der Waals surface area contributed by atoms with Crippen LogP contribution in [0.4, 0.5) is 0 Å². The van der Waals surface area contributed by atoms with E-state index >= 15 is 0 Å². The van der Waals surface area contributed by atoms with Gasteiger partial charge in [-0.15, -0.1) is 0 Å². The first-order valence-corrected chi connectivity index (χ1v) is 31.3. The number of hydrogen-bond donors (Lipinski definition) is 0. The van der Waals surface area contributed by atoms with Gasteiger partial charge in [-0.25, -0.2) is 0 Å². The summed E-state index contributed by atoms with van der Waals surface area (Å²) in [5.74, 6) is -0.866. The summed E-state index contributed by atoms with van der Waals surface area (Å²) in [6.45, 7) is 6.55. The van der Waals surface area contributed by atoms with Crippen molar-refractivity contribution in [2.24, 2.45) is 0 Å². The van der Waals surface area contributed by atoms with Crippen molar-refractivity contribution in [3.05, 3.63) is 60.8 Å². The largest absolute Gasteiger partial charge is 0.462 e. The van der Waals surface area contributed by atoms with Crippen molar-refractivity contribution in [3.8, 4) is 0 Å². The molecule has 0 aliphatic carbocycles. The molecule has 0 aromatic heterocycles. The van der Waals surface area contributed by atoms with E-state index in [4.69, 9.17) is 14.2 Å². The van der Waals surface area contributed by atoms with Gasteiger partial charge in [-0.2, -0.15) is 0 Å². The zero-order valence-electron chi connectivity index (χ0n) is 47.9. The molecule has 0 aliphatic rings. The molecule has 418 valence electrons. The zero-order valence-corrected chi connectivity index (χ0v) is 47.9. The van der Waals surface area contributed by atoms with Crippen molar-refractivity contribution in [1.82, 2.24) is 0 Å². The quantitative estimate of drug-likeness (QED) is 0.0261. The van der Waals surface area contributed by atoms with Crippen LogP contribution < -0.4 is 0 Å². The van der Waals surface area contributed by atoms with Crippen LogP contribution in [0.3, 0.4) is 0 Å². The molecule has 0 saturated carbocycles. The Labute approximate surface area is 447 Å². The maximum atomic E-state index is 12.9. The summed E-state index contributed by atoms with van der Waals surface area (Å²) in [4.78, 5) is 38.2. The molecule has 1 unspecified atom stereocenters. The fourth-order valence-electron chi connectivity index (χ4n) is 9.08. The Morgan fingerprint density at radius 2 is 0.542 bits per heavy atom. The van der Waals surface area contributed by atoms with Crippen LogP contribution in [0.25, 0.3) is 0 Å². The fourth-order valence-corrected chi connectivity index (χ4v) is 9.08. The van der Waals surface area contributed by atoms with Gasteiger partial charge in [0.1, 0.15) is 13.2 Å². The summed E-state index contributed by atoms with van der Waals surface area (Å²) in [6.07, 6.45) is 76.5. The number of unbranched alkanes of at least 4 members (excludes halogenated alkanes) is 36. The summed E-state index contributed by atoms with van der Waals surface area (Å²) >= 11 is 0. The van der Waals surface area contributed by atoms with Crippen molar-refractivity contribution in [2.45, 2.75) is 329 Å². The molecular weight excluding hydrogens is 889 g/mol. The number of carbonyl (C=O) groups is 3. The average Bonchev–Trinajstić information content (AvgIpc) is 3.38. The third kappa shape index (κ3) is 58.0. The van der Waals surface area contributed by atoms with Crippen LogP contribution >= 0.6 is 0 Å². The van der Waals surface area contributed by atoms with Gasteiger partial charge in [0.15, 0.2) is 6.10 Å². The average molecular weight is 1010 g/mol. The van der Waals surface area contributed by atoms with Gasteiger partial charge in [-0.3, -0.25) is 14.4 Å². The second kappa shape index (κ2) is 60.7. The lowest BCUT2D eigenvalue weighted by Crippen LogP contribution is -2.30. The zero-order chi connectivity index (χ0) is 52.2. The highest BCUT2D eigenvalue weighted by atomic mass is 16.6. The van der Waals surface area contributed by atoms with E-state index in [0.29, 0.717) is 19.3 Å². The first kappa shape index (κ1) is 69.1. The maximum Gasteiger partial charge on any atom is 0.306 e. The van der Waals surface area contributed by atoms with Gasteiger partial charge in [0.05, 0.1) is 0 Å². The highest BCUT2D eigenvalue weighted by Gasteiger charge is 2.19. The van der Waals surface area contributed by atoms with Gasteiger partial charge < -0.3 is 14.2 Å². The first-order chi connectivity index (χ1) is 35.5. The molecule has 72 heavy (non-hydrogen) atoms. The molecule has 0 saturated heterocycles. The Balaban J connectivity index is 4.22. The monoisotopic (exact) mass is 1010 g/mol. The summed E-state index contributed by atoms with van der Waals surface area (Å²) in [7, 11) is 0. The van der Waals surface area contributed by atoms with Crippen LogP contribution in [0.2, 0.25) is 0 Å². The van der Waals surface area contributed by atoms with E-state index in [2.05, 4.69) is 81.5 Å². The number of carbonyl (C=O) groups excluding carboxylic acids is 3. The molecule has 0 N–H and O–H groups in total. The number of hydrogen-bond acceptors (Lipinski definition) is 6. The molecular formula is C66H118O6. The minimum atomic E-state index is -0.775. The molecule has 0 heterocycles. The molecule has 0 aromatic carbocycles. The number of allylic oxidation sites excluding steroid dienone is 10. The van der Waals surface area contributed by atoms with Crippen molar-refractivity contribution < 1.29 is 28.6 Å². The van der Waals surface area contributed by atoms with E-state index < -0.39 is 6.10 Å². The van der Waals surface area contributed by atoms with Crippen LogP contribution in [0, 0.1) is 0 Å². The van der Waals surface area contributed by atoms with Crippen molar-refractivity contribution in [2.75, 3.05) is 13.2 Å². The topological polar surface area (TPSA) is 78.9 Å². The third-order valence-electron chi connectivity index (χ3n) is 13.8.